The van der Waals surface area contributed by atoms with Crippen LogP contribution in [0.4, 0.5) is 0 Å². The second-order valence-electron chi connectivity index (χ2n) is 7.87. The van der Waals surface area contributed by atoms with Crippen molar-refractivity contribution in [2.75, 3.05) is 45.9 Å². The van der Waals surface area contributed by atoms with Crippen LogP contribution in [0.1, 0.15) is 12.0 Å². The normalized spacial score (nSPS) is 27.3. The number of carbonyl (C=O) groups is 1. The van der Waals surface area contributed by atoms with Crippen LogP contribution in [0.15, 0.2) is 29.2 Å². The van der Waals surface area contributed by atoms with Crippen LogP contribution in [-0.4, -0.2) is 99.8 Å². The zero-order chi connectivity index (χ0) is 22.4. The summed E-state index contributed by atoms with van der Waals surface area (Å²) in [6, 6.07) is 6.35. The van der Waals surface area contributed by atoms with Gasteiger partial charge in [-0.1, -0.05) is 17.7 Å². The van der Waals surface area contributed by atoms with E-state index < -0.39 is 34.4 Å². The first kappa shape index (κ1) is 24.1. The van der Waals surface area contributed by atoms with Crippen molar-refractivity contribution in [2.24, 2.45) is 0 Å². The highest BCUT2D eigenvalue weighted by Crippen LogP contribution is 2.24. The van der Waals surface area contributed by atoms with E-state index in [1.807, 2.05) is 6.92 Å². The Morgan fingerprint density at radius 3 is 2.45 bits per heavy atom. The maximum atomic E-state index is 12.4. The quantitative estimate of drug-likeness (QED) is 0.355. The van der Waals surface area contributed by atoms with E-state index in [1.54, 1.807) is 12.1 Å². The Morgan fingerprint density at radius 1 is 1.13 bits per heavy atom. The number of aliphatic hydroxyl groups is 2. The van der Waals surface area contributed by atoms with E-state index in [0.717, 1.165) is 18.7 Å². The lowest BCUT2D eigenvalue weighted by Gasteiger charge is -2.26. The number of carbonyl (C=O) groups excluding carboxylic acids is 1. The molecule has 0 bridgehead atoms. The van der Waals surface area contributed by atoms with E-state index in [0.29, 0.717) is 26.3 Å². The van der Waals surface area contributed by atoms with Gasteiger partial charge in [-0.05, 0) is 19.1 Å². The minimum atomic E-state index is -3.78. The third kappa shape index (κ3) is 6.69. The minimum absolute atomic E-state index is 0.0994. The molecule has 174 valence electrons. The summed E-state index contributed by atoms with van der Waals surface area (Å²) >= 11 is 0. The molecular formula is C20H31N3O7S. The summed E-state index contributed by atoms with van der Waals surface area (Å²) in [7, 11) is -3.78. The van der Waals surface area contributed by atoms with Crippen molar-refractivity contribution in [3.05, 3.63) is 29.8 Å². The summed E-state index contributed by atoms with van der Waals surface area (Å²) in [6.45, 7) is 5.82. The molecule has 11 heteroatoms. The zero-order valence-electron chi connectivity index (χ0n) is 17.6. The van der Waals surface area contributed by atoms with Gasteiger partial charge in [0.25, 0.3) is 0 Å². The number of ether oxygens (including phenoxy) is 2. The van der Waals surface area contributed by atoms with E-state index in [1.165, 1.54) is 12.1 Å². The number of hydrogen-bond acceptors (Lipinski definition) is 8. The molecule has 4 atom stereocenters. The van der Waals surface area contributed by atoms with Gasteiger partial charge in [-0.2, -0.15) is 0 Å². The van der Waals surface area contributed by atoms with Crippen molar-refractivity contribution < 1.29 is 32.9 Å². The van der Waals surface area contributed by atoms with E-state index >= 15 is 0 Å². The summed E-state index contributed by atoms with van der Waals surface area (Å²) in [5.41, 5.74) is 0.933. The molecule has 2 saturated heterocycles. The van der Waals surface area contributed by atoms with Gasteiger partial charge in [0.1, 0.15) is 18.3 Å². The lowest BCUT2D eigenvalue weighted by Crippen LogP contribution is -2.42. The predicted octanol–water partition coefficient (Wildman–Crippen LogP) is -1.40. The molecule has 2 aliphatic rings. The molecule has 1 aromatic rings. The fourth-order valence-corrected chi connectivity index (χ4v) is 4.63. The molecule has 4 N–H and O–H groups in total. The number of amides is 1. The molecule has 0 spiro atoms. The van der Waals surface area contributed by atoms with Crippen LogP contribution in [0.25, 0.3) is 0 Å². The number of nitrogens with one attached hydrogen (secondary N) is 2. The molecular weight excluding hydrogens is 426 g/mol. The van der Waals surface area contributed by atoms with Crippen molar-refractivity contribution in [3.63, 3.8) is 0 Å². The molecule has 0 saturated carbocycles. The number of hydrogen-bond donors (Lipinski definition) is 4. The highest BCUT2D eigenvalue weighted by Gasteiger charge is 2.43. The number of rotatable bonds is 9. The summed E-state index contributed by atoms with van der Waals surface area (Å²) in [5, 5.41) is 23.2. The molecule has 1 amide bonds. The monoisotopic (exact) mass is 457 g/mol. The number of aliphatic hydroxyl groups excluding tert-OH is 2. The van der Waals surface area contributed by atoms with Crippen LogP contribution < -0.4 is 10.0 Å². The van der Waals surface area contributed by atoms with Crippen molar-refractivity contribution in [2.45, 2.75) is 42.7 Å². The topological polar surface area (TPSA) is 137 Å². The molecule has 31 heavy (non-hydrogen) atoms. The van der Waals surface area contributed by atoms with Gasteiger partial charge in [0.05, 0.1) is 30.6 Å². The van der Waals surface area contributed by atoms with Crippen LogP contribution in [0.5, 0.6) is 0 Å². The van der Waals surface area contributed by atoms with E-state index in [2.05, 4.69) is 14.9 Å². The Bertz CT molecular complexity index is 828. The molecule has 0 aromatic heterocycles. The number of sulfonamides is 1. The maximum Gasteiger partial charge on any atom is 0.240 e. The summed E-state index contributed by atoms with van der Waals surface area (Å²) in [6.07, 6.45) is -4.57. The molecule has 0 unspecified atom stereocenters. The SMILES string of the molecule is Cc1ccc(S(=O)(=O)NC[C@H]2O[C@@H](CC(=O)NCCN3CCOCC3)[C@H](O)[C@@H]2O)cc1. The van der Waals surface area contributed by atoms with E-state index in [4.69, 9.17) is 9.47 Å². The van der Waals surface area contributed by atoms with Gasteiger partial charge in [-0.3, -0.25) is 9.69 Å². The summed E-state index contributed by atoms with van der Waals surface area (Å²) in [5.74, 6) is -0.301. The Labute approximate surface area is 182 Å². The van der Waals surface area contributed by atoms with Crippen LogP contribution in [0, 0.1) is 6.92 Å². The molecule has 3 rings (SSSR count). The lowest BCUT2D eigenvalue weighted by molar-refractivity contribution is -0.125. The van der Waals surface area contributed by atoms with Crippen molar-refractivity contribution in [1.82, 2.24) is 14.9 Å². The Balaban J connectivity index is 1.44. The van der Waals surface area contributed by atoms with E-state index in [9.17, 15) is 23.4 Å². The average Bonchev–Trinajstić information content (AvgIpc) is 3.01. The molecule has 2 heterocycles. The minimum Gasteiger partial charge on any atom is -0.388 e. The van der Waals surface area contributed by atoms with Gasteiger partial charge in [-0.25, -0.2) is 13.1 Å². The summed E-state index contributed by atoms with van der Waals surface area (Å²) < 4.78 is 38.1. The number of benzene rings is 1. The average molecular weight is 458 g/mol. The Kier molecular flexibility index (Phi) is 8.39. The van der Waals surface area contributed by atoms with Crippen LogP contribution in [0.3, 0.4) is 0 Å². The number of nitrogens with zero attached hydrogens (tertiary/aromatic N) is 1. The van der Waals surface area contributed by atoms with Crippen molar-refractivity contribution >= 4 is 15.9 Å². The van der Waals surface area contributed by atoms with Crippen molar-refractivity contribution in [1.29, 1.82) is 0 Å². The standard InChI is InChI=1S/C20H31N3O7S/c1-14-2-4-15(5-3-14)31(27,28)22-13-17-20(26)19(25)16(30-17)12-18(24)21-6-7-23-8-10-29-11-9-23/h2-5,16-17,19-20,22,25-26H,6-13H2,1H3,(H,21,24)/t16-,17+,19-,20+/m0/s1. The van der Waals surface area contributed by atoms with Gasteiger partial charge < -0.3 is 25.0 Å². The predicted molar refractivity (Wildman–Crippen MR) is 112 cm³/mol. The summed E-state index contributed by atoms with van der Waals surface area (Å²) in [4.78, 5) is 14.5. The molecule has 0 aliphatic carbocycles. The first-order chi connectivity index (χ1) is 14.8. The smallest absolute Gasteiger partial charge is 0.240 e. The molecule has 2 aliphatic heterocycles. The van der Waals surface area contributed by atoms with E-state index in [-0.39, 0.29) is 23.8 Å². The van der Waals surface area contributed by atoms with Crippen LogP contribution >= 0.6 is 0 Å². The van der Waals surface area contributed by atoms with Crippen molar-refractivity contribution in [3.8, 4) is 0 Å². The zero-order valence-corrected chi connectivity index (χ0v) is 18.4. The van der Waals surface area contributed by atoms with Gasteiger partial charge in [0, 0.05) is 32.7 Å². The van der Waals surface area contributed by atoms with Crippen LogP contribution in [0.2, 0.25) is 0 Å². The highest BCUT2D eigenvalue weighted by molar-refractivity contribution is 7.89. The molecule has 0 radical (unpaired) electrons. The fourth-order valence-electron chi connectivity index (χ4n) is 3.59. The molecule has 1 aromatic carbocycles. The third-order valence-electron chi connectivity index (χ3n) is 5.51. The second-order valence-corrected chi connectivity index (χ2v) is 9.63. The molecule has 10 nitrogen and oxygen atoms in total. The fraction of sp³-hybridized carbons (Fsp3) is 0.650. The Hall–Kier alpha value is -1.60. The lowest BCUT2D eigenvalue weighted by atomic mass is 10.1. The number of morpholine rings is 1. The van der Waals surface area contributed by atoms with Crippen LogP contribution in [-0.2, 0) is 24.3 Å². The highest BCUT2D eigenvalue weighted by atomic mass is 32.2. The molecule has 2 fully saturated rings. The van der Waals surface area contributed by atoms with Gasteiger partial charge in [0.15, 0.2) is 0 Å². The maximum absolute atomic E-state index is 12.4. The van der Waals surface area contributed by atoms with Gasteiger partial charge in [-0.15, -0.1) is 0 Å². The first-order valence-electron chi connectivity index (χ1n) is 10.4. The van der Waals surface area contributed by atoms with Gasteiger partial charge in [0.2, 0.25) is 15.9 Å². The number of aryl methyl sites for hydroxylation is 1. The third-order valence-corrected chi connectivity index (χ3v) is 6.95. The largest absolute Gasteiger partial charge is 0.388 e. The second kappa shape index (κ2) is 10.8. The van der Waals surface area contributed by atoms with Gasteiger partial charge >= 0.3 is 0 Å². The Morgan fingerprint density at radius 2 is 1.77 bits per heavy atom. The first-order valence-corrected chi connectivity index (χ1v) is 11.9.